The molecular weight excluding hydrogens is 325 g/mol. The number of nitrogens with zero attached hydrogens (tertiary/aromatic N) is 2. The molecule has 0 aliphatic carbocycles. The summed E-state index contributed by atoms with van der Waals surface area (Å²) in [4.78, 5) is 29.0. The van der Waals surface area contributed by atoms with Gasteiger partial charge in [0.15, 0.2) is 0 Å². The minimum Gasteiger partial charge on any atom is -0.465 e. The van der Waals surface area contributed by atoms with E-state index in [-0.39, 0.29) is 11.3 Å². The summed E-state index contributed by atoms with van der Waals surface area (Å²) in [5.41, 5.74) is 1.80. The molecule has 1 amide bonds. The number of methoxy groups -OCH3 is 1. The van der Waals surface area contributed by atoms with Gasteiger partial charge in [0.05, 0.1) is 24.1 Å². The number of esters is 1. The van der Waals surface area contributed by atoms with Crippen molar-refractivity contribution in [1.29, 1.82) is 0 Å². The molecule has 3 aromatic rings. The summed E-state index contributed by atoms with van der Waals surface area (Å²) in [6.07, 6.45) is 1.72. The highest BCUT2D eigenvalue weighted by molar-refractivity contribution is 6.08. The smallest absolute Gasteiger partial charge is 0.339 e. The number of halogens is 1. The summed E-state index contributed by atoms with van der Waals surface area (Å²) in [5, 5.41) is 2.69. The summed E-state index contributed by atoms with van der Waals surface area (Å²) < 4.78 is 19.7. The predicted octanol–water partition coefficient (Wildman–Crippen LogP) is 3.07. The van der Waals surface area contributed by atoms with Crippen molar-refractivity contribution < 1.29 is 18.7 Å². The number of hydrogen-bond acceptors (Lipinski definition) is 4. The van der Waals surface area contributed by atoms with Crippen molar-refractivity contribution in [2.24, 2.45) is 0 Å². The van der Waals surface area contributed by atoms with Gasteiger partial charge in [0, 0.05) is 6.20 Å². The van der Waals surface area contributed by atoms with Gasteiger partial charge in [-0.15, -0.1) is 0 Å². The van der Waals surface area contributed by atoms with Gasteiger partial charge in [-0.25, -0.2) is 14.2 Å². The van der Waals surface area contributed by atoms with E-state index in [1.807, 2.05) is 6.92 Å². The molecule has 1 aromatic carbocycles. The number of aryl methyl sites for hydroxylation is 1. The van der Waals surface area contributed by atoms with Gasteiger partial charge in [0.2, 0.25) is 0 Å². The molecule has 128 valence electrons. The number of hydrogen-bond donors (Lipinski definition) is 1. The first-order valence-electron chi connectivity index (χ1n) is 7.70. The van der Waals surface area contributed by atoms with Crippen LogP contribution >= 0.6 is 0 Å². The Bertz CT molecular complexity index is 965. The van der Waals surface area contributed by atoms with Crippen molar-refractivity contribution in [3.05, 3.63) is 65.4 Å². The lowest BCUT2D eigenvalue weighted by molar-refractivity contribution is 0.0602. The van der Waals surface area contributed by atoms with Crippen LogP contribution in [0.5, 0.6) is 0 Å². The maximum Gasteiger partial charge on any atom is 0.339 e. The van der Waals surface area contributed by atoms with Gasteiger partial charge in [-0.05, 0) is 30.7 Å². The lowest BCUT2D eigenvalue weighted by Gasteiger charge is -2.10. The minimum atomic E-state index is -0.559. The maximum absolute atomic E-state index is 13.6. The summed E-state index contributed by atoms with van der Waals surface area (Å²) in [6.45, 7) is 1.86. The molecule has 0 aliphatic heterocycles. The number of ether oxygens (including phenoxy) is 1. The molecule has 0 fully saturated rings. The molecule has 0 bridgehead atoms. The number of anilines is 1. The fourth-order valence-electron chi connectivity index (χ4n) is 2.62. The summed E-state index contributed by atoms with van der Waals surface area (Å²) in [6, 6.07) is 9.31. The highest BCUT2D eigenvalue weighted by atomic mass is 19.1. The largest absolute Gasteiger partial charge is 0.465 e. The molecule has 3 rings (SSSR count). The number of carbonyl (C=O) groups excluding carboxylic acids is 2. The predicted molar refractivity (Wildman–Crippen MR) is 90.3 cm³/mol. The van der Waals surface area contributed by atoms with Gasteiger partial charge in [-0.1, -0.05) is 19.1 Å². The van der Waals surface area contributed by atoms with Crippen molar-refractivity contribution in [1.82, 2.24) is 9.38 Å². The van der Waals surface area contributed by atoms with E-state index in [4.69, 9.17) is 4.74 Å². The molecule has 2 aromatic heterocycles. The van der Waals surface area contributed by atoms with Gasteiger partial charge in [0.25, 0.3) is 5.91 Å². The van der Waals surface area contributed by atoms with Crippen LogP contribution in [-0.4, -0.2) is 28.4 Å². The Labute approximate surface area is 143 Å². The molecular formula is C18H16FN3O3. The molecule has 0 aliphatic rings. The maximum atomic E-state index is 13.6. The topological polar surface area (TPSA) is 72.7 Å². The van der Waals surface area contributed by atoms with Gasteiger partial charge in [0.1, 0.15) is 17.2 Å². The second-order valence-corrected chi connectivity index (χ2v) is 5.33. The van der Waals surface area contributed by atoms with Gasteiger partial charge >= 0.3 is 5.97 Å². The average Bonchev–Trinajstić information content (AvgIpc) is 2.99. The van der Waals surface area contributed by atoms with Crippen LogP contribution in [-0.2, 0) is 11.2 Å². The fraction of sp³-hybridized carbons (Fsp3) is 0.167. The number of aromatic nitrogens is 2. The molecule has 0 saturated carbocycles. The van der Waals surface area contributed by atoms with Crippen molar-refractivity contribution >= 4 is 23.2 Å². The van der Waals surface area contributed by atoms with Crippen LogP contribution in [0, 0.1) is 5.82 Å². The number of rotatable bonds is 4. The van der Waals surface area contributed by atoms with E-state index < -0.39 is 17.7 Å². The Hall–Kier alpha value is -3.22. The van der Waals surface area contributed by atoms with Gasteiger partial charge in [-0.3, -0.25) is 9.20 Å². The van der Waals surface area contributed by atoms with E-state index in [9.17, 15) is 14.0 Å². The number of para-hydroxylation sites is 1. The first kappa shape index (κ1) is 16.6. The zero-order chi connectivity index (χ0) is 18.0. The zero-order valence-corrected chi connectivity index (χ0v) is 13.7. The average molecular weight is 341 g/mol. The minimum absolute atomic E-state index is 0.233. The van der Waals surface area contributed by atoms with Crippen LogP contribution in [0.3, 0.4) is 0 Å². The van der Waals surface area contributed by atoms with Crippen LogP contribution in [0.15, 0.2) is 42.6 Å². The highest BCUT2D eigenvalue weighted by Crippen LogP contribution is 2.20. The Balaban J connectivity index is 2.04. The molecule has 25 heavy (non-hydrogen) atoms. The molecule has 0 unspecified atom stereocenters. The monoisotopic (exact) mass is 341 g/mol. The fourth-order valence-corrected chi connectivity index (χ4v) is 2.62. The molecule has 0 atom stereocenters. The number of fused-ring (bicyclic) bond motifs is 1. The van der Waals surface area contributed by atoms with Crippen molar-refractivity contribution in [2.45, 2.75) is 13.3 Å². The number of pyridine rings is 1. The summed E-state index contributed by atoms with van der Waals surface area (Å²) in [7, 11) is 1.27. The number of benzene rings is 1. The molecule has 7 heteroatoms. The number of nitrogens with one attached hydrogen (secondary N) is 1. The van der Waals surface area contributed by atoms with E-state index in [0.717, 1.165) is 0 Å². The van der Waals surface area contributed by atoms with Crippen LogP contribution in [0.25, 0.3) is 5.65 Å². The van der Waals surface area contributed by atoms with Crippen molar-refractivity contribution in [3.8, 4) is 0 Å². The summed E-state index contributed by atoms with van der Waals surface area (Å²) in [5.74, 6) is -1.52. The van der Waals surface area contributed by atoms with Crippen molar-refractivity contribution in [2.75, 3.05) is 12.4 Å². The standard InChI is InChI=1S/C18H16FN3O3/c1-3-13-16(22-10-11(19)8-9-15(22)20-13)17(23)21-14-7-5-4-6-12(14)18(24)25-2/h4-10H,3H2,1-2H3,(H,21,23). The number of imidazole rings is 1. The van der Waals surface area contributed by atoms with E-state index in [0.29, 0.717) is 23.4 Å². The van der Waals surface area contributed by atoms with Crippen LogP contribution in [0.2, 0.25) is 0 Å². The van der Waals surface area contributed by atoms with Crippen LogP contribution < -0.4 is 5.32 Å². The van der Waals surface area contributed by atoms with E-state index >= 15 is 0 Å². The van der Waals surface area contributed by atoms with Crippen LogP contribution in [0.4, 0.5) is 10.1 Å². The lowest BCUT2D eigenvalue weighted by atomic mass is 10.1. The van der Waals surface area contributed by atoms with Gasteiger partial charge in [-0.2, -0.15) is 0 Å². The van der Waals surface area contributed by atoms with E-state index in [2.05, 4.69) is 10.3 Å². The molecule has 2 heterocycles. The van der Waals surface area contributed by atoms with E-state index in [1.54, 1.807) is 24.3 Å². The second kappa shape index (κ2) is 6.72. The highest BCUT2D eigenvalue weighted by Gasteiger charge is 2.21. The van der Waals surface area contributed by atoms with E-state index in [1.165, 1.54) is 29.8 Å². The summed E-state index contributed by atoms with van der Waals surface area (Å²) >= 11 is 0. The first-order valence-corrected chi connectivity index (χ1v) is 7.70. The zero-order valence-electron chi connectivity index (χ0n) is 13.7. The third kappa shape index (κ3) is 3.08. The second-order valence-electron chi connectivity index (χ2n) is 5.33. The number of amides is 1. The van der Waals surface area contributed by atoms with Gasteiger partial charge < -0.3 is 10.1 Å². The third-order valence-electron chi connectivity index (χ3n) is 3.79. The lowest BCUT2D eigenvalue weighted by Crippen LogP contribution is -2.18. The quantitative estimate of drug-likeness (QED) is 0.740. The molecule has 0 spiro atoms. The molecule has 1 N–H and O–H groups in total. The molecule has 0 saturated heterocycles. The van der Waals surface area contributed by atoms with Crippen molar-refractivity contribution in [3.63, 3.8) is 0 Å². The third-order valence-corrected chi connectivity index (χ3v) is 3.79. The first-order chi connectivity index (χ1) is 12.0. The molecule has 0 radical (unpaired) electrons. The SMILES string of the molecule is CCc1nc2ccc(F)cn2c1C(=O)Nc1ccccc1C(=O)OC. The Morgan fingerprint density at radius 1 is 1.24 bits per heavy atom. The Kier molecular flexibility index (Phi) is 4.47. The Morgan fingerprint density at radius 2 is 2.00 bits per heavy atom. The normalized spacial score (nSPS) is 10.7. The Morgan fingerprint density at radius 3 is 2.72 bits per heavy atom. The molecule has 6 nitrogen and oxygen atoms in total. The number of carbonyl (C=O) groups is 2. The van der Waals surface area contributed by atoms with Crippen LogP contribution in [0.1, 0.15) is 33.5 Å².